The molecular formula is C24H25F4N3O4. The first-order valence-corrected chi connectivity index (χ1v) is 11.0. The third-order valence-electron chi connectivity index (χ3n) is 5.50. The molecule has 3 aromatic rings. The van der Waals surface area contributed by atoms with Gasteiger partial charge in [-0.3, -0.25) is 0 Å². The highest BCUT2D eigenvalue weighted by Gasteiger charge is 2.32. The number of halogens is 4. The highest BCUT2D eigenvalue weighted by Crippen LogP contribution is 2.36. The number of alkyl halides is 3. The minimum Gasteiger partial charge on any atom is -0.493 e. The average molecular weight is 495 g/mol. The molecule has 1 atom stereocenters. The summed E-state index contributed by atoms with van der Waals surface area (Å²) < 4.78 is 75.4. The third kappa shape index (κ3) is 5.91. The Labute approximate surface area is 199 Å². The largest absolute Gasteiger partial charge is 0.493 e. The zero-order valence-corrected chi connectivity index (χ0v) is 19.4. The molecule has 11 heteroatoms. The summed E-state index contributed by atoms with van der Waals surface area (Å²) in [4.78, 5) is 8.85. The van der Waals surface area contributed by atoms with Gasteiger partial charge in [0.15, 0.2) is 11.5 Å². The van der Waals surface area contributed by atoms with Crippen LogP contribution in [0.3, 0.4) is 0 Å². The van der Waals surface area contributed by atoms with Crippen molar-refractivity contribution in [3.63, 3.8) is 0 Å². The zero-order valence-electron chi connectivity index (χ0n) is 19.4. The number of ether oxygens (including phenoxy) is 4. The summed E-state index contributed by atoms with van der Waals surface area (Å²) >= 11 is 0. The SMILES string of the molecule is COc1cc2nc(C)nc(N[C@H](C)c3cc(F)cc(C(F)(F)F)c3)c2cc1OCCOC1COC1. The van der Waals surface area contributed by atoms with Gasteiger partial charge in [-0.25, -0.2) is 14.4 Å². The molecule has 35 heavy (non-hydrogen) atoms. The normalized spacial score (nSPS) is 15.1. The van der Waals surface area contributed by atoms with E-state index in [0.717, 1.165) is 12.1 Å². The minimum atomic E-state index is -4.66. The standard InChI is InChI=1S/C24H25F4N3O4/c1-13(15-6-16(24(26,27)28)8-17(25)7-15)29-23-19-9-22(35-5-4-34-18-11-33-12-18)21(32-3)10-20(19)30-14(2)31-23/h6-10,13,18H,4-5,11-12H2,1-3H3,(H,29,30,31)/t13-/m1/s1. The summed E-state index contributed by atoms with van der Waals surface area (Å²) in [5, 5.41) is 3.66. The van der Waals surface area contributed by atoms with Crippen molar-refractivity contribution >= 4 is 16.7 Å². The molecule has 1 aliphatic heterocycles. The van der Waals surface area contributed by atoms with Crippen LogP contribution in [0.5, 0.6) is 11.5 Å². The van der Waals surface area contributed by atoms with E-state index in [9.17, 15) is 17.6 Å². The highest BCUT2D eigenvalue weighted by atomic mass is 19.4. The lowest BCUT2D eigenvalue weighted by Gasteiger charge is -2.26. The van der Waals surface area contributed by atoms with Crippen LogP contribution in [-0.2, 0) is 15.7 Å². The number of methoxy groups -OCH3 is 1. The van der Waals surface area contributed by atoms with Crippen LogP contribution in [0.15, 0.2) is 30.3 Å². The number of fused-ring (bicyclic) bond motifs is 1. The quantitative estimate of drug-likeness (QED) is 0.328. The van der Waals surface area contributed by atoms with E-state index in [1.165, 1.54) is 7.11 Å². The van der Waals surface area contributed by atoms with E-state index in [0.29, 0.717) is 59.9 Å². The Morgan fingerprint density at radius 1 is 1.09 bits per heavy atom. The van der Waals surface area contributed by atoms with Crippen molar-refractivity contribution in [1.82, 2.24) is 9.97 Å². The van der Waals surface area contributed by atoms with E-state index in [4.69, 9.17) is 18.9 Å². The number of aromatic nitrogens is 2. The molecule has 2 aromatic carbocycles. The molecule has 1 saturated heterocycles. The zero-order chi connectivity index (χ0) is 25.2. The topological polar surface area (TPSA) is 74.7 Å². The Kier molecular flexibility index (Phi) is 7.27. The van der Waals surface area contributed by atoms with Crippen LogP contribution in [0.25, 0.3) is 10.9 Å². The van der Waals surface area contributed by atoms with E-state index in [1.807, 2.05) is 0 Å². The van der Waals surface area contributed by atoms with Gasteiger partial charge < -0.3 is 24.3 Å². The minimum absolute atomic E-state index is 0.0754. The molecule has 7 nitrogen and oxygen atoms in total. The van der Waals surface area contributed by atoms with Crippen LogP contribution in [0.4, 0.5) is 23.4 Å². The van der Waals surface area contributed by atoms with Crippen LogP contribution >= 0.6 is 0 Å². The second-order valence-electron chi connectivity index (χ2n) is 8.16. The molecular weight excluding hydrogens is 470 g/mol. The Morgan fingerprint density at radius 3 is 2.51 bits per heavy atom. The van der Waals surface area contributed by atoms with Crippen LogP contribution < -0.4 is 14.8 Å². The van der Waals surface area contributed by atoms with Crippen molar-refractivity contribution in [3.8, 4) is 11.5 Å². The fourth-order valence-corrected chi connectivity index (χ4v) is 3.63. The van der Waals surface area contributed by atoms with Crippen molar-refractivity contribution < 1.29 is 36.5 Å². The van der Waals surface area contributed by atoms with Crippen LogP contribution in [0.2, 0.25) is 0 Å². The molecule has 0 bridgehead atoms. The predicted molar refractivity (Wildman–Crippen MR) is 120 cm³/mol. The molecule has 2 heterocycles. The lowest BCUT2D eigenvalue weighted by atomic mass is 10.0. The monoisotopic (exact) mass is 495 g/mol. The fourth-order valence-electron chi connectivity index (χ4n) is 3.63. The van der Waals surface area contributed by atoms with E-state index >= 15 is 0 Å². The van der Waals surface area contributed by atoms with Crippen molar-refractivity contribution in [2.75, 3.05) is 38.9 Å². The van der Waals surface area contributed by atoms with Gasteiger partial charge in [-0.05, 0) is 43.7 Å². The Bertz CT molecular complexity index is 1200. The second-order valence-corrected chi connectivity index (χ2v) is 8.16. The van der Waals surface area contributed by atoms with E-state index in [-0.39, 0.29) is 18.3 Å². The molecule has 4 rings (SSSR count). The number of nitrogens with zero attached hydrogens (tertiary/aromatic N) is 2. The number of benzene rings is 2. The van der Waals surface area contributed by atoms with Crippen molar-refractivity contribution in [2.24, 2.45) is 0 Å². The van der Waals surface area contributed by atoms with Gasteiger partial charge in [-0.15, -0.1) is 0 Å². The van der Waals surface area contributed by atoms with E-state index in [1.54, 1.807) is 26.0 Å². The molecule has 188 valence electrons. The third-order valence-corrected chi connectivity index (χ3v) is 5.50. The van der Waals surface area contributed by atoms with Crippen LogP contribution in [0, 0.1) is 12.7 Å². The van der Waals surface area contributed by atoms with Gasteiger partial charge >= 0.3 is 6.18 Å². The Balaban J connectivity index is 1.60. The summed E-state index contributed by atoms with van der Waals surface area (Å²) in [5.41, 5.74) is -0.376. The second kappa shape index (κ2) is 10.2. The molecule has 0 aliphatic carbocycles. The van der Waals surface area contributed by atoms with Gasteiger partial charge in [0.25, 0.3) is 0 Å². The smallest absolute Gasteiger partial charge is 0.416 e. The first-order chi connectivity index (χ1) is 16.6. The Hall–Kier alpha value is -3.18. The highest BCUT2D eigenvalue weighted by molar-refractivity contribution is 5.92. The van der Waals surface area contributed by atoms with E-state index in [2.05, 4.69) is 15.3 Å². The molecule has 0 spiro atoms. The van der Waals surface area contributed by atoms with Gasteiger partial charge in [-0.1, -0.05) is 0 Å². The maximum Gasteiger partial charge on any atom is 0.416 e. The predicted octanol–water partition coefficient (Wildman–Crippen LogP) is 5.07. The van der Waals surface area contributed by atoms with Crippen molar-refractivity contribution in [1.29, 1.82) is 0 Å². The maximum absolute atomic E-state index is 13.9. The maximum atomic E-state index is 13.9. The lowest BCUT2D eigenvalue weighted by Crippen LogP contribution is -2.37. The van der Waals surface area contributed by atoms with Crippen molar-refractivity contribution in [3.05, 3.63) is 53.1 Å². The number of hydrogen-bond acceptors (Lipinski definition) is 7. The number of nitrogens with one attached hydrogen (secondary N) is 1. The van der Waals surface area contributed by atoms with Gasteiger partial charge in [0.1, 0.15) is 30.2 Å². The molecule has 0 saturated carbocycles. The number of rotatable bonds is 9. The number of anilines is 1. The van der Waals surface area contributed by atoms with Crippen LogP contribution in [0.1, 0.15) is 29.9 Å². The molecule has 1 N–H and O–H groups in total. The molecule has 1 fully saturated rings. The summed E-state index contributed by atoms with van der Waals surface area (Å²) in [6.07, 6.45) is -4.58. The van der Waals surface area contributed by atoms with Gasteiger partial charge in [-0.2, -0.15) is 13.2 Å². The molecule has 1 aliphatic rings. The summed E-state index contributed by atoms with van der Waals surface area (Å²) in [6, 6.07) is 5.16. The first-order valence-electron chi connectivity index (χ1n) is 11.0. The van der Waals surface area contributed by atoms with Gasteiger partial charge in [0.05, 0.1) is 44.1 Å². The van der Waals surface area contributed by atoms with Crippen LogP contribution in [-0.4, -0.2) is 49.6 Å². The van der Waals surface area contributed by atoms with Crippen molar-refractivity contribution in [2.45, 2.75) is 32.2 Å². The molecule has 0 amide bonds. The fraction of sp³-hybridized carbons (Fsp3) is 0.417. The molecule has 1 aromatic heterocycles. The average Bonchev–Trinajstić information content (AvgIpc) is 2.76. The molecule has 0 unspecified atom stereocenters. The summed E-state index contributed by atoms with van der Waals surface area (Å²) in [6.45, 7) is 5.09. The van der Waals surface area contributed by atoms with E-state index < -0.39 is 23.6 Å². The Morgan fingerprint density at radius 2 is 1.86 bits per heavy atom. The number of aryl methyl sites for hydroxylation is 1. The summed E-state index contributed by atoms with van der Waals surface area (Å²) in [5.74, 6) is 0.731. The molecule has 0 radical (unpaired) electrons. The first kappa shape index (κ1) is 24.9. The van der Waals surface area contributed by atoms with Gasteiger partial charge in [0.2, 0.25) is 0 Å². The summed E-state index contributed by atoms with van der Waals surface area (Å²) in [7, 11) is 1.51. The van der Waals surface area contributed by atoms with Gasteiger partial charge in [0, 0.05) is 11.5 Å². The number of hydrogen-bond donors (Lipinski definition) is 1. The lowest BCUT2D eigenvalue weighted by molar-refractivity contribution is -0.137.